The lowest BCUT2D eigenvalue weighted by Gasteiger charge is -2.28. The molecular formula is C16H17N3O2. The van der Waals surface area contributed by atoms with Crippen LogP contribution in [0.15, 0.2) is 48.8 Å². The minimum atomic E-state index is -0.895. The number of carboxylic acids is 1. The van der Waals surface area contributed by atoms with Crippen molar-refractivity contribution in [3.63, 3.8) is 0 Å². The minimum absolute atomic E-state index is 0.213. The topological polar surface area (TPSA) is 65.5 Å². The average Bonchev–Trinajstić information content (AvgIpc) is 2.96. The Hall–Kier alpha value is -2.56. The highest BCUT2D eigenvalue weighted by atomic mass is 16.4. The van der Waals surface area contributed by atoms with Crippen LogP contribution in [0, 0.1) is 0 Å². The molecule has 1 saturated heterocycles. The van der Waals surface area contributed by atoms with Gasteiger partial charge in [-0.05, 0) is 49.2 Å². The summed E-state index contributed by atoms with van der Waals surface area (Å²) in [6.45, 7) is 0.963. The summed E-state index contributed by atoms with van der Waals surface area (Å²) in [5.74, 6) is -0.895. The number of benzene rings is 1. The van der Waals surface area contributed by atoms with E-state index in [0.29, 0.717) is 5.56 Å². The van der Waals surface area contributed by atoms with Crippen molar-refractivity contribution < 1.29 is 9.90 Å². The standard InChI is InChI=1S/C16H17N3O2/c20-16(21)12-5-7-14(8-6-12)19-10-2-4-15(19)18-13-3-1-9-17-11-13/h1,3,5-9,11,15,18H,2,4,10H2,(H,20,21). The van der Waals surface area contributed by atoms with E-state index in [4.69, 9.17) is 5.11 Å². The first kappa shape index (κ1) is 13.4. The van der Waals surface area contributed by atoms with Crippen LogP contribution in [-0.4, -0.2) is 28.8 Å². The van der Waals surface area contributed by atoms with Crippen LogP contribution in [0.1, 0.15) is 23.2 Å². The van der Waals surface area contributed by atoms with Crippen LogP contribution in [-0.2, 0) is 0 Å². The van der Waals surface area contributed by atoms with E-state index >= 15 is 0 Å². The van der Waals surface area contributed by atoms with Gasteiger partial charge in [0.05, 0.1) is 17.4 Å². The molecule has 1 fully saturated rings. The van der Waals surface area contributed by atoms with Gasteiger partial charge in [0, 0.05) is 24.6 Å². The quantitative estimate of drug-likeness (QED) is 0.903. The van der Waals surface area contributed by atoms with E-state index in [-0.39, 0.29) is 6.17 Å². The summed E-state index contributed by atoms with van der Waals surface area (Å²) in [6.07, 6.45) is 5.94. The number of nitrogens with zero attached hydrogens (tertiary/aromatic N) is 2. The molecular weight excluding hydrogens is 266 g/mol. The highest BCUT2D eigenvalue weighted by Gasteiger charge is 2.24. The Morgan fingerprint density at radius 2 is 2.10 bits per heavy atom. The maximum atomic E-state index is 10.9. The Labute approximate surface area is 123 Å². The zero-order chi connectivity index (χ0) is 14.7. The molecule has 2 N–H and O–H groups in total. The van der Waals surface area contributed by atoms with Gasteiger partial charge >= 0.3 is 5.97 Å². The van der Waals surface area contributed by atoms with Crippen molar-refractivity contribution in [2.24, 2.45) is 0 Å². The molecule has 2 heterocycles. The number of hydrogen-bond donors (Lipinski definition) is 2. The maximum absolute atomic E-state index is 10.9. The molecule has 21 heavy (non-hydrogen) atoms. The predicted octanol–water partition coefficient (Wildman–Crippen LogP) is 2.82. The van der Waals surface area contributed by atoms with E-state index in [1.807, 2.05) is 30.5 Å². The predicted molar refractivity (Wildman–Crippen MR) is 81.6 cm³/mol. The minimum Gasteiger partial charge on any atom is -0.478 e. The first-order valence-electron chi connectivity index (χ1n) is 7.00. The normalized spacial score (nSPS) is 17.7. The highest BCUT2D eigenvalue weighted by molar-refractivity contribution is 5.88. The number of carboxylic acid groups (broad SMARTS) is 1. The van der Waals surface area contributed by atoms with Crippen LogP contribution in [0.2, 0.25) is 0 Å². The van der Waals surface area contributed by atoms with Crippen LogP contribution in [0.5, 0.6) is 0 Å². The Balaban J connectivity index is 1.76. The van der Waals surface area contributed by atoms with Crippen molar-refractivity contribution in [2.45, 2.75) is 19.0 Å². The third kappa shape index (κ3) is 2.97. The second-order valence-electron chi connectivity index (χ2n) is 5.09. The average molecular weight is 283 g/mol. The third-order valence-corrected chi connectivity index (χ3v) is 3.69. The van der Waals surface area contributed by atoms with Gasteiger partial charge < -0.3 is 15.3 Å². The zero-order valence-electron chi connectivity index (χ0n) is 11.6. The van der Waals surface area contributed by atoms with E-state index in [1.165, 1.54) is 0 Å². The van der Waals surface area contributed by atoms with Crippen molar-refractivity contribution in [1.82, 2.24) is 4.98 Å². The molecule has 1 unspecified atom stereocenters. The van der Waals surface area contributed by atoms with Crippen LogP contribution >= 0.6 is 0 Å². The van der Waals surface area contributed by atoms with Gasteiger partial charge in [-0.15, -0.1) is 0 Å². The molecule has 2 aromatic rings. The molecule has 0 spiro atoms. The Morgan fingerprint density at radius 3 is 2.76 bits per heavy atom. The number of hydrogen-bond acceptors (Lipinski definition) is 4. The molecule has 0 aliphatic carbocycles. The smallest absolute Gasteiger partial charge is 0.335 e. The Bertz CT molecular complexity index is 613. The molecule has 0 bridgehead atoms. The SMILES string of the molecule is O=C(O)c1ccc(N2CCCC2Nc2cccnc2)cc1. The first-order valence-corrected chi connectivity index (χ1v) is 7.00. The lowest BCUT2D eigenvalue weighted by Crippen LogP contribution is -2.35. The second kappa shape index (κ2) is 5.83. The molecule has 1 aliphatic rings. The van der Waals surface area contributed by atoms with Crippen molar-refractivity contribution in [1.29, 1.82) is 0 Å². The molecule has 5 nitrogen and oxygen atoms in total. The monoisotopic (exact) mass is 283 g/mol. The number of carbonyl (C=O) groups is 1. The van der Waals surface area contributed by atoms with Crippen molar-refractivity contribution in [2.75, 3.05) is 16.8 Å². The van der Waals surface area contributed by atoms with Crippen LogP contribution in [0.25, 0.3) is 0 Å². The first-order chi connectivity index (χ1) is 10.2. The van der Waals surface area contributed by atoms with Gasteiger partial charge in [-0.25, -0.2) is 4.79 Å². The maximum Gasteiger partial charge on any atom is 0.335 e. The van der Waals surface area contributed by atoms with Crippen LogP contribution in [0.4, 0.5) is 11.4 Å². The molecule has 1 aromatic heterocycles. The number of aromatic carboxylic acids is 1. The number of anilines is 2. The molecule has 5 heteroatoms. The second-order valence-corrected chi connectivity index (χ2v) is 5.09. The lowest BCUT2D eigenvalue weighted by atomic mass is 10.2. The van der Waals surface area contributed by atoms with E-state index in [0.717, 1.165) is 30.8 Å². The van der Waals surface area contributed by atoms with Gasteiger partial charge in [0.25, 0.3) is 0 Å². The Morgan fingerprint density at radius 1 is 1.29 bits per heavy atom. The zero-order valence-corrected chi connectivity index (χ0v) is 11.6. The number of aromatic nitrogens is 1. The summed E-state index contributed by atoms with van der Waals surface area (Å²) in [6, 6.07) is 10.9. The van der Waals surface area contributed by atoms with E-state index in [2.05, 4.69) is 15.2 Å². The van der Waals surface area contributed by atoms with Gasteiger partial charge in [-0.1, -0.05) is 0 Å². The summed E-state index contributed by atoms with van der Waals surface area (Å²) in [5.41, 5.74) is 2.35. The van der Waals surface area contributed by atoms with Gasteiger partial charge in [-0.2, -0.15) is 0 Å². The summed E-state index contributed by atoms with van der Waals surface area (Å²) < 4.78 is 0. The third-order valence-electron chi connectivity index (χ3n) is 3.69. The molecule has 1 aliphatic heterocycles. The van der Waals surface area contributed by atoms with E-state index < -0.39 is 5.97 Å². The van der Waals surface area contributed by atoms with Crippen LogP contribution in [0.3, 0.4) is 0 Å². The summed E-state index contributed by atoms with van der Waals surface area (Å²) in [4.78, 5) is 17.3. The molecule has 0 amide bonds. The van der Waals surface area contributed by atoms with Gasteiger partial charge in [-0.3, -0.25) is 4.98 Å². The van der Waals surface area contributed by atoms with Crippen molar-refractivity contribution >= 4 is 17.3 Å². The fourth-order valence-corrected chi connectivity index (χ4v) is 2.66. The number of rotatable bonds is 4. The molecule has 1 atom stereocenters. The number of pyridine rings is 1. The molecule has 0 saturated carbocycles. The summed E-state index contributed by atoms with van der Waals surface area (Å²) in [5, 5.41) is 12.4. The summed E-state index contributed by atoms with van der Waals surface area (Å²) >= 11 is 0. The molecule has 108 valence electrons. The fraction of sp³-hybridized carbons (Fsp3) is 0.250. The highest BCUT2D eigenvalue weighted by Crippen LogP contribution is 2.26. The fourth-order valence-electron chi connectivity index (χ4n) is 2.66. The van der Waals surface area contributed by atoms with Gasteiger partial charge in [0.15, 0.2) is 0 Å². The Kier molecular flexibility index (Phi) is 3.73. The molecule has 3 rings (SSSR count). The lowest BCUT2D eigenvalue weighted by molar-refractivity contribution is 0.0697. The molecule has 1 aromatic carbocycles. The van der Waals surface area contributed by atoms with Crippen molar-refractivity contribution in [3.8, 4) is 0 Å². The summed E-state index contributed by atoms with van der Waals surface area (Å²) in [7, 11) is 0. The van der Waals surface area contributed by atoms with Gasteiger partial charge in [0.2, 0.25) is 0 Å². The van der Waals surface area contributed by atoms with Crippen molar-refractivity contribution in [3.05, 3.63) is 54.4 Å². The van der Waals surface area contributed by atoms with E-state index in [1.54, 1.807) is 18.3 Å². The largest absolute Gasteiger partial charge is 0.478 e. The van der Waals surface area contributed by atoms with Crippen LogP contribution < -0.4 is 10.2 Å². The van der Waals surface area contributed by atoms with E-state index in [9.17, 15) is 4.79 Å². The van der Waals surface area contributed by atoms with Gasteiger partial charge in [0.1, 0.15) is 0 Å². The number of nitrogens with one attached hydrogen (secondary N) is 1. The molecule has 0 radical (unpaired) electrons.